The number of hydrogen-bond acceptors (Lipinski definition) is 6. The zero-order valence-corrected chi connectivity index (χ0v) is 22.2. The van der Waals surface area contributed by atoms with Crippen LogP contribution in [0.3, 0.4) is 0 Å². The first kappa shape index (κ1) is 30.5. The molecule has 1 aliphatic heterocycles. The number of hydrogen-bond donors (Lipinski definition) is 5. The molecule has 3 amide bonds. The standard InChI is InChI=1S/C26H39FN6O5/c1-17(2)21(32-25(37)38-16-18-9-5-4-6-10-18)22(35)33-14-8-12-26(33,3)23(36)31-19(20(34)15-27)11-7-13-30-24(28)29/h4-6,9-10,17,19,21H,7-8,11-16H2,1-3H3,(H,31,36)(H,32,37)(H4,28,29,30)/t19-,21?,26-/m0/s1. The molecule has 0 aromatic heterocycles. The average molecular weight is 535 g/mol. The summed E-state index contributed by atoms with van der Waals surface area (Å²) in [6.45, 7) is 4.53. The molecular weight excluding hydrogens is 495 g/mol. The van der Waals surface area contributed by atoms with Gasteiger partial charge in [-0.25, -0.2) is 9.18 Å². The molecule has 1 unspecified atom stereocenters. The Hall–Kier alpha value is -3.70. The zero-order valence-electron chi connectivity index (χ0n) is 22.2. The maximum absolute atomic E-state index is 13.6. The van der Waals surface area contributed by atoms with Crippen LogP contribution in [0.4, 0.5) is 9.18 Å². The molecule has 1 heterocycles. The van der Waals surface area contributed by atoms with Crippen molar-refractivity contribution in [3.05, 3.63) is 35.9 Å². The van der Waals surface area contributed by atoms with Gasteiger partial charge in [0.2, 0.25) is 11.8 Å². The largest absolute Gasteiger partial charge is 0.445 e. The van der Waals surface area contributed by atoms with Gasteiger partial charge in [-0.15, -0.1) is 0 Å². The van der Waals surface area contributed by atoms with Gasteiger partial charge in [-0.05, 0) is 44.1 Å². The van der Waals surface area contributed by atoms with E-state index < -0.39 is 48.0 Å². The van der Waals surface area contributed by atoms with Crippen molar-refractivity contribution in [2.24, 2.45) is 11.7 Å². The van der Waals surface area contributed by atoms with Crippen LogP contribution in [0.25, 0.3) is 0 Å². The molecule has 1 aromatic carbocycles. The van der Waals surface area contributed by atoms with Gasteiger partial charge in [0.05, 0.1) is 6.04 Å². The summed E-state index contributed by atoms with van der Waals surface area (Å²) in [5, 5.41) is 15.0. The van der Waals surface area contributed by atoms with Crippen LogP contribution in [0.5, 0.6) is 0 Å². The molecule has 0 spiro atoms. The van der Waals surface area contributed by atoms with Crippen molar-refractivity contribution in [1.29, 1.82) is 5.41 Å². The first-order valence-corrected chi connectivity index (χ1v) is 12.8. The van der Waals surface area contributed by atoms with Crippen LogP contribution >= 0.6 is 0 Å². The van der Waals surface area contributed by atoms with Crippen LogP contribution < -0.4 is 21.7 Å². The topological polar surface area (TPSA) is 167 Å². The number of nitrogens with one attached hydrogen (secondary N) is 4. The minimum Gasteiger partial charge on any atom is -0.445 e. The lowest BCUT2D eigenvalue weighted by molar-refractivity contribution is -0.147. The monoisotopic (exact) mass is 534 g/mol. The van der Waals surface area contributed by atoms with Crippen molar-refractivity contribution >= 4 is 29.7 Å². The number of guanidine groups is 1. The molecule has 0 aliphatic carbocycles. The van der Waals surface area contributed by atoms with E-state index in [0.717, 1.165) is 5.56 Å². The zero-order chi connectivity index (χ0) is 28.3. The second-order valence-electron chi connectivity index (χ2n) is 9.90. The van der Waals surface area contributed by atoms with Gasteiger partial charge in [0.25, 0.3) is 0 Å². The molecule has 0 bridgehead atoms. The number of Topliss-reactive ketones (excluding diaryl/α,β-unsaturated/α-hetero) is 1. The number of rotatable bonds is 13. The fourth-order valence-corrected chi connectivity index (χ4v) is 4.38. The quantitative estimate of drug-likeness (QED) is 0.146. The second kappa shape index (κ2) is 14.3. The Morgan fingerprint density at radius 3 is 2.47 bits per heavy atom. The highest BCUT2D eigenvalue weighted by atomic mass is 19.1. The molecular formula is C26H39FN6O5. The summed E-state index contributed by atoms with van der Waals surface area (Å²) in [6.07, 6.45) is 0.640. The summed E-state index contributed by atoms with van der Waals surface area (Å²) >= 11 is 0. The lowest BCUT2D eigenvalue weighted by atomic mass is 9.94. The van der Waals surface area contributed by atoms with Crippen LogP contribution in [-0.4, -0.2) is 71.9 Å². The van der Waals surface area contributed by atoms with E-state index in [1.165, 1.54) is 4.90 Å². The number of nitrogens with zero attached hydrogens (tertiary/aromatic N) is 1. The first-order chi connectivity index (χ1) is 18.0. The Morgan fingerprint density at radius 2 is 1.87 bits per heavy atom. The lowest BCUT2D eigenvalue weighted by Crippen LogP contribution is -2.62. The molecule has 1 saturated heterocycles. The third kappa shape index (κ3) is 8.42. The molecule has 2 rings (SSSR count). The molecule has 0 saturated carbocycles. The number of likely N-dealkylation sites (tertiary alicyclic amines) is 1. The van der Waals surface area contributed by atoms with E-state index in [1.807, 2.05) is 30.3 Å². The van der Waals surface area contributed by atoms with E-state index in [-0.39, 0.29) is 38.0 Å². The van der Waals surface area contributed by atoms with Gasteiger partial charge in [0.15, 0.2) is 11.7 Å². The van der Waals surface area contributed by atoms with Crippen molar-refractivity contribution in [3.8, 4) is 0 Å². The van der Waals surface area contributed by atoms with E-state index in [2.05, 4.69) is 16.0 Å². The number of ether oxygens (including phenoxy) is 1. The molecule has 12 heteroatoms. The lowest BCUT2D eigenvalue weighted by Gasteiger charge is -2.37. The van der Waals surface area contributed by atoms with E-state index >= 15 is 0 Å². The predicted molar refractivity (Wildman–Crippen MR) is 140 cm³/mol. The van der Waals surface area contributed by atoms with E-state index in [1.54, 1.807) is 20.8 Å². The van der Waals surface area contributed by atoms with E-state index in [9.17, 15) is 23.6 Å². The van der Waals surface area contributed by atoms with Crippen molar-refractivity contribution < 1.29 is 28.3 Å². The Bertz CT molecular complexity index is 992. The van der Waals surface area contributed by atoms with Crippen LogP contribution in [0.1, 0.15) is 52.0 Å². The third-order valence-electron chi connectivity index (χ3n) is 6.63. The predicted octanol–water partition coefficient (Wildman–Crippen LogP) is 1.61. The smallest absolute Gasteiger partial charge is 0.408 e. The summed E-state index contributed by atoms with van der Waals surface area (Å²) in [4.78, 5) is 53.0. The Kier molecular flexibility index (Phi) is 11.5. The summed E-state index contributed by atoms with van der Waals surface area (Å²) in [5.74, 6) is -2.31. The summed E-state index contributed by atoms with van der Waals surface area (Å²) in [6, 6.07) is 7.10. The van der Waals surface area contributed by atoms with Gasteiger partial charge in [0.1, 0.15) is 24.9 Å². The van der Waals surface area contributed by atoms with Gasteiger partial charge in [0, 0.05) is 13.1 Å². The fourth-order valence-electron chi connectivity index (χ4n) is 4.38. The molecule has 3 atom stereocenters. The third-order valence-corrected chi connectivity index (χ3v) is 6.63. The number of carbonyl (C=O) groups excluding carboxylic acids is 4. The Morgan fingerprint density at radius 1 is 1.18 bits per heavy atom. The van der Waals surface area contributed by atoms with Crippen molar-refractivity contribution in [2.45, 2.75) is 70.7 Å². The van der Waals surface area contributed by atoms with Crippen LogP contribution in [-0.2, 0) is 25.7 Å². The van der Waals surface area contributed by atoms with Crippen molar-refractivity contribution in [2.75, 3.05) is 19.8 Å². The number of alkyl halides is 1. The van der Waals surface area contributed by atoms with Crippen molar-refractivity contribution in [1.82, 2.24) is 20.9 Å². The maximum atomic E-state index is 13.6. The highest BCUT2D eigenvalue weighted by Crippen LogP contribution is 2.31. The summed E-state index contributed by atoms with van der Waals surface area (Å²) in [7, 11) is 0. The number of amides is 3. The molecule has 11 nitrogen and oxygen atoms in total. The molecule has 38 heavy (non-hydrogen) atoms. The first-order valence-electron chi connectivity index (χ1n) is 12.8. The van der Waals surface area contributed by atoms with Gasteiger partial charge in [-0.1, -0.05) is 44.2 Å². The summed E-state index contributed by atoms with van der Waals surface area (Å²) < 4.78 is 18.5. The molecule has 1 aliphatic rings. The fraction of sp³-hybridized carbons (Fsp3) is 0.577. The summed E-state index contributed by atoms with van der Waals surface area (Å²) in [5.41, 5.74) is 4.76. The van der Waals surface area contributed by atoms with Crippen molar-refractivity contribution in [3.63, 3.8) is 0 Å². The highest BCUT2D eigenvalue weighted by Gasteiger charge is 2.48. The molecule has 1 aromatic rings. The SMILES string of the molecule is CC(C)C(NC(=O)OCc1ccccc1)C(=O)N1CCC[C@@]1(C)C(=O)N[C@@H](CCCNC(=N)N)C(=O)CF. The maximum Gasteiger partial charge on any atom is 0.408 e. The Labute approximate surface area is 222 Å². The van der Waals surface area contributed by atoms with Gasteiger partial charge < -0.3 is 31.3 Å². The molecule has 0 radical (unpaired) electrons. The van der Waals surface area contributed by atoms with Gasteiger partial charge in [-0.3, -0.25) is 19.8 Å². The van der Waals surface area contributed by atoms with Crippen LogP contribution in [0.15, 0.2) is 30.3 Å². The number of halogens is 1. The molecule has 1 fully saturated rings. The van der Waals surface area contributed by atoms with E-state index in [4.69, 9.17) is 15.9 Å². The number of alkyl carbamates (subject to hydrolysis) is 1. The number of carbonyl (C=O) groups is 4. The highest BCUT2D eigenvalue weighted by molar-refractivity contribution is 5.97. The number of benzene rings is 1. The number of ketones is 1. The normalized spacial score (nSPS) is 18.4. The number of nitrogens with two attached hydrogens (primary N) is 1. The van der Waals surface area contributed by atoms with Crippen LogP contribution in [0, 0.1) is 11.3 Å². The molecule has 210 valence electrons. The second-order valence-corrected chi connectivity index (χ2v) is 9.90. The minimum atomic E-state index is -1.29. The minimum absolute atomic E-state index is 0.0431. The van der Waals surface area contributed by atoms with E-state index in [0.29, 0.717) is 19.3 Å². The molecule has 6 N–H and O–H groups in total. The van der Waals surface area contributed by atoms with Gasteiger partial charge in [-0.2, -0.15) is 0 Å². The average Bonchev–Trinajstić information content (AvgIpc) is 3.29. The van der Waals surface area contributed by atoms with Crippen LogP contribution in [0.2, 0.25) is 0 Å². The Balaban J connectivity index is 2.08. The van der Waals surface area contributed by atoms with Gasteiger partial charge >= 0.3 is 6.09 Å².